The molecular formula is C14H18N4O3S2. The number of nitrogens with zero attached hydrogens (tertiary/aromatic N) is 2. The van der Waals surface area contributed by atoms with Crippen molar-refractivity contribution in [3.63, 3.8) is 0 Å². The maximum atomic E-state index is 12.4. The average molecular weight is 354 g/mol. The SMILES string of the molecule is CCC(NS(=O)(=O)c1nnc(NC(C)=O)s1)c1ccc(C)cc1. The summed E-state index contributed by atoms with van der Waals surface area (Å²) in [4.78, 5) is 11.0. The number of aromatic nitrogens is 2. The van der Waals surface area contributed by atoms with Gasteiger partial charge in [-0.15, -0.1) is 10.2 Å². The van der Waals surface area contributed by atoms with E-state index in [9.17, 15) is 13.2 Å². The largest absolute Gasteiger partial charge is 0.301 e. The highest BCUT2D eigenvalue weighted by molar-refractivity contribution is 7.91. The second-order valence-corrected chi connectivity index (χ2v) is 7.91. The Kier molecular flexibility index (Phi) is 5.45. The molecule has 0 bridgehead atoms. The van der Waals surface area contributed by atoms with Crippen LogP contribution in [0.3, 0.4) is 0 Å². The van der Waals surface area contributed by atoms with Crippen molar-refractivity contribution in [1.82, 2.24) is 14.9 Å². The second kappa shape index (κ2) is 7.16. The van der Waals surface area contributed by atoms with Gasteiger partial charge in [0.15, 0.2) is 0 Å². The minimum absolute atomic E-state index is 0.154. The van der Waals surface area contributed by atoms with Crippen LogP contribution in [-0.2, 0) is 14.8 Å². The van der Waals surface area contributed by atoms with Gasteiger partial charge >= 0.3 is 0 Å². The minimum Gasteiger partial charge on any atom is -0.301 e. The number of carbonyl (C=O) groups excluding carboxylic acids is 1. The summed E-state index contributed by atoms with van der Waals surface area (Å²) in [7, 11) is -3.80. The van der Waals surface area contributed by atoms with Gasteiger partial charge in [-0.1, -0.05) is 48.1 Å². The third-order valence-corrected chi connectivity index (χ3v) is 5.78. The van der Waals surface area contributed by atoms with Gasteiger partial charge in [0, 0.05) is 13.0 Å². The lowest BCUT2D eigenvalue weighted by Gasteiger charge is -2.16. The van der Waals surface area contributed by atoms with E-state index in [-0.39, 0.29) is 21.4 Å². The smallest absolute Gasteiger partial charge is 0.270 e. The molecule has 1 atom stereocenters. The van der Waals surface area contributed by atoms with Crippen molar-refractivity contribution >= 4 is 32.4 Å². The average Bonchev–Trinajstić information content (AvgIpc) is 2.94. The Morgan fingerprint density at radius 2 is 1.91 bits per heavy atom. The first-order valence-electron chi connectivity index (χ1n) is 7.02. The van der Waals surface area contributed by atoms with Crippen molar-refractivity contribution < 1.29 is 13.2 Å². The number of carbonyl (C=O) groups is 1. The van der Waals surface area contributed by atoms with Crippen molar-refractivity contribution in [3.8, 4) is 0 Å². The molecule has 0 fully saturated rings. The Hall–Kier alpha value is -1.84. The molecule has 1 amide bonds. The molecule has 1 aromatic heterocycles. The summed E-state index contributed by atoms with van der Waals surface area (Å²) >= 11 is 0.814. The molecule has 2 aromatic rings. The molecule has 0 radical (unpaired) electrons. The van der Waals surface area contributed by atoms with Gasteiger partial charge in [0.25, 0.3) is 10.0 Å². The molecule has 23 heavy (non-hydrogen) atoms. The standard InChI is InChI=1S/C14H18N4O3S2/c1-4-12(11-7-5-9(2)6-8-11)18-23(20,21)14-17-16-13(22-14)15-10(3)19/h5-8,12,18H,4H2,1-3H3,(H,15,16,19). The molecule has 1 aromatic carbocycles. The fraction of sp³-hybridized carbons (Fsp3) is 0.357. The summed E-state index contributed by atoms with van der Waals surface area (Å²) in [6, 6.07) is 7.32. The van der Waals surface area contributed by atoms with E-state index in [4.69, 9.17) is 0 Å². The van der Waals surface area contributed by atoms with Crippen LogP contribution in [0.25, 0.3) is 0 Å². The van der Waals surface area contributed by atoms with Crippen LogP contribution in [0.5, 0.6) is 0 Å². The van der Waals surface area contributed by atoms with E-state index in [2.05, 4.69) is 20.2 Å². The molecule has 2 N–H and O–H groups in total. The molecule has 0 spiro atoms. The molecule has 0 aliphatic heterocycles. The van der Waals surface area contributed by atoms with Gasteiger partial charge < -0.3 is 5.32 Å². The minimum atomic E-state index is -3.80. The zero-order chi connectivity index (χ0) is 17.0. The zero-order valence-electron chi connectivity index (χ0n) is 13.0. The van der Waals surface area contributed by atoms with Gasteiger partial charge in [-0.05, 0) is 18.9 Å². The predicted molar refractivity (Wildman–Crippen MR) is 88.7 cm³/mol. The van der Waals surface area contributed by atoms with Gasteiger partial charge in [-0.25, -0.2) is 13.1 Å². The number of aryl methyl sites for hydroxylation is 1. The summed E-state index contributed by atoms with van der Waals surface area (Å²) in [6.45, 7) is 5.19. The molecular weight excluding hydrogens is 336 g/mol. The van der Waals surface area contributed by atoms with E-state index in [1.807, 2.05) is 38.1 Å². The second-order valence-electron chi connectivity index (χ2n) is 5.05. The quantitative estimate of drug-likeness (QED) is 0.775. The van der Waals surface area contributed by atoms with Crippen LogP contribution in [0, 0.1) is 6.92 Å². The number of hydrogen-bond acceptors (Lipinski definition) is 6. The third kappa shape index (κ3) is 4.57. The molecule has 124 valence electrons. The molecule has 0 aliphatic carbocycles. The highest BCUT2D eigenvalue weighted by Crippen LogP contribution is 2.24. The van der Waals surface area contributed by atoms with E-state index in [0.29, 0.717) is 6.42 Å². The summed E-state index contributed by atoms with van der Waals surface area (Å²) in [5, 5.41) is 9.87. The van der Waals surface area contributed by atoms with Gasteiger partial charge in [0.2, 0.25) is 15.4 Å². The lowest BCUT2D eigenvalue weighted by molar-refractivity contribution is -0.114. The zero-order valence-corrected chi connectivity index (χ0v) is 14.7. The van der Waals surface area contributed by atoms with Crippen LogP contribution in [0.2, 0.25) is 0 Å². The van der Waals surface area contributed by atoms with Crippen LogP contribution in [-0.4, -0.2) is 24.5 Å². The Morgan fingerprint density at radius 1 is 1.26 bits per heavy atom. The van der Waals surface area contributed by atoms with Crippen LogP contribution >= 0.6 is 11.3 Å². The number of amides is 1. The number of hydrogen-bond donors (Lipinski definition) is 2. The number of rotatable bonds is 6. The molecule has 0 saturated heterocycles. The van der Waals surface area contributed by atoms with Gasteiger partial charge in [-0.2, -0.15) is 0 Å². The number of nitrogens with one attached hydrogen (secondary N) is 2. The number of sulfonamides is 1. The lowest BCUT2D eigenvalue weighted by Crippen LogP contribution is -2.28. The molecule has 0 saturated carbocycles. The normalized spacial score (nSPS) is 12.8. The number of anilines is 1. The van der Waals surface area contributed by atoms with Crippen molar-refractivity contribution in [3.05, 3.63) is 35.4 Å². The Bertz CT molecular complexity index is 785. The van der Waals surface area contributed by atoms with E-state index in [0.717, 1.165) is 22.5 Å². The first-order chi connectivity index (χ1) is 10.8. The summed E-state index contributed by atoms with van der Waals surface area (Å²) < 4.78 is 27.3. The van der Waals surface area contributed by atoms with E-state index in [1.54, 1.807) is 0 Å². The topological polar surface area (TPSA) is 101 Å². The summed E-state index contributed by atoms with van der Waals surface area (Å²) in [5.41, 5.74) is 1.99. The van der Waals surface area contributed by atoms with Crippen LogP contribution in [0.1, 0.15) is 37.4 Å². The van der Waals surface area contributed by atoms with Crippen molar-refractivity contribution in [2.24, 2.45) is 0 Å². The van der Waals surface area contributed by atoms with Crippen LogP contribution in [0.4, 0.5) is 5.13 Å². The monoisotopic (exact) mass is 354 g/mol. The summed E-state index contributed by atoms with van der Waals surface area (Å²) in [5.74, 6) is -0.329. The molecule has 0 aliphatic rings. The maximum absolute atomic E-state index is 12.4. The number of benzene rings is 1. The van der Waals surface area contributed by atoms with Crippen LogP contribution < -0.4 is 10.0 Å². The van der Waals surface area contributed by atoms with Gasteiger partial charge in [0.1, 0.15) is 0 Å². The molecule has 2 rings (SSSR count). The first kappa shape index (κ1) is 17.5. The lowest BCUT2D eigenvalue weighted by atomic mass is 10.0. The first-order valence-corrected chi connectivity index (χ1v) is 9.31. The Balaban J connectivity index is 2.20. The van der Waals surface area contributed by atoms with Crippen molar-refractivity contribution in [1.29, 1.82) is 0 Å². The summed E-state index contributed by atoms with van der Waals surface area (Å²) in [6.07, 6.45) is 0.597. The maximum Gasteiger partial charge on any atom is 0.270 e. The Morgan fingerprint density at radius 3 is 2.48 bits per heavy atom. The molecule has 1 heterocycles. The van der Waals surface area contributed by atoms with E-state index < -0.39 is 10.0 Å². The van der Waals surface area contributed by atoms with Crippen LogP contribution in [0.15, 0.2) is 28.6 Å². The van der Waals surface area contributed by atoms with E-state index >= 15 is 0 Å². The molecule has 7 nitrogen and oxygen atoms in total. The third-order valence-electron chi connectivity index (χ3n) is 3.10. The Labute approximate surface area is 139 Å². The molecule has 9 heteroatoms. The van der Waals surface area contributed by atoms with Crippen molar-refractivity contribution in [2.45, 2.75) is 37.6 Å². The van der Waals surface area contributed by atoms with E-state index in [1.165, 1.54) is 6.92 Å². The highest BCUT2D eigenvalue weighted by atomic mass is 32.2. The van der Waals surface area contributed by atoms with Gasteiger partial charge in [-0.3, -0.25) is 4.79 Å². The fourth-order valence-electron chi connectivity index (χ4n) is 1.94. The van der Waals surface area contributed by atoms with Gasteiger partial charge in [0.05, 0.1) is 0 Å². The predicted octanol–water partition coefficient (Wildman–Crippen LogP) is 2.23. The van der Waals surface area contributed by atoms with Crippen molar-refractivity contribution in [2.75, 3.05) is 5.32 Å². The fourth-order valence-corrected chi connectivity index (χ4v) is 4.21. The highest BCUT2D eigenvalue weighted by Gasteiger charge is 2.24. The molecule has 1 unspecified atom stereocenters.